The molecule has 0 bridgehead atoms. The topological polar surface area (TPSA) is 38.3 Å². The van der Waals surface area contributed by atoms with Crippen molar-refractivity contribution in [2.24, 2.45) is 0 Å². The van der Waals surface area contributed by atoms with Crippen molar-refractivity contribution < 1.29 is 9.53 Å². The average Bonchev–Trinajstić information content (AvgIpc) is 2.66. The molecule has 0 spiro atoms. The van der Waals surface area contributed by atoms with Gasteiger partial charge in [0.2, 0.25) is 0 Å². The van der Waals surface area contributed by atoms with Crippen molar-refractivity contribution in [2.45, 2.75) is 25.9 Å². The predicted octanol–water partition coefficient (Wildman–Crippen LogP) is 1.79. The summed E-state index contributed by atoms with van der Waals surface area (Å²) in [7, 11) is 1.40. The molecule has 1 aromatic rings. The molecule has 1 N–H and O–H groups in total. The largest absolute Gasteiger partial charge is 0.468 e. The summed E-state index contributed by atoms with van der Waals surface area (Å²) < 4.78 is 4.69. The lowest BCUT2D eigenvalue weighted by atomic mass is 10.1. The van der Waals surface area contributed by atoms with Gasteiger partial charge in [-0.1, -0.05) is 0 Å². The highest BCUT2D eigenvalue weighted by atomic mass is 32.1. The third-order valence-corrected chi connectivity index (χ3v) is 2.74. The molecule has 4 heteroatoms. The Hall–Kier alpha value is -0.870. The van der Waals surface area contributed by atoms with Crippen LogP contribution in [0.4, 0.5) is 0 Å². The van der Waals surface area contributed by atoms with Gasteiger partial charge < -0.3 is 4.74 Å². The predicted molar refractivity (Wildman–Crippen MR) is 57.3 cm³/mol. The second kappa shape index (κ2) is 4.57. The molecule has 0 aliphatic heterocycles. The number of hydrogen-bond acceptors (Lipinski definition) is 4. The molecule has 0 saturated heterocycles. The molecule has 1 rings (SSSR count). The maximum absolute atomic E-state index is 11.3. The van der Waals surface area contributed by atoms with Crippen molar-refractivity contribution in [3.63, 3.8) is 0 Å². The molecule has 0 aliphatic carbocycles. The van der Waals surface area contributed by atoms with Gasteiger partial charge in [0.15, 0.2) is 0 Å². The average molecular weight is 213 g/mol. The summed E-state index contributed by atoms with van der Waals surface area (Å²) in [5.74, 6) is -0.243. The Bertz CT molecular complexity index is 293. The molecule has 0 aromatic carbocycles. The summed E-state index contributed by atoms with van der Waals surface area (Å²) in [6.45, 7) is 4.31. The van der Waals surface area contributed by atoms with Crippen LogP contribution in [0.5, 0.6) is 0 Å². The summed E-state index contributed by atoms with van der Waals surface area (Å²) in [4.78, 5) is 11.3. The molecular weight excluding hydrogens is 198 g/mol. The molecule has 78 valence electrons. The van der Waals surface area contributed by atoms with Gasteiger partial charge in [-0.05, 0) is 36.2 Å². The van der Waals surface area contributed by atoms with E-state index < -0.39 is 5.54 Å². The zero-order valence-electron chi connectivity index (χ0n) is 8.66. The fraction of sp³-hybridized carbons (Fsp3) is 0.500. The summed E-state index contributed by atoms with van der Waals surface area (Å²) in [5, 5.41) is 7.22. The Labute approximate surface area is 88.1 Å². The highest BCUT2D eigenvalue weighted by Crippen LogP contribution is 2.09. The van der Waals surface area contributed by atoms with Crippen molar-refractivity contribution in [3.05, 3.63) is 22.4 Å². The van der Waals surface area contributed by atoms with Crippen LogP contribution in [-0.2, 0) is 16.1 Å². The molecule has 0 atom stereocenters. The Morgan fingerprint density at radius 1 is 1.64 bits per heavy atom. The molecule has 14 heavy (non-hydrogen) atoms. The van der Waals surface area contributed by atoms with Crippen LogP contribution >= 0.6 is 11.3 Å². The monoisotopic (exact) mass is 213 g/mol. The van der Waals surface area contributed by atoms with Gasteiger partial charge in [0, 0.05) is 6.54 Å². The van der Waals surface area contributed by atoms with Gasteiger partial charge in [-0.15, -0.1) is 0 Å². The highest BCUT2D eigenvalue weighted by Gasteiger charge is 2.27. The van der Waals surface area contributed by atoms with Gasteiger partial charge in [-0.2, -0.15) is 11.3 Å². The van der Waals surface area contributed by atoms with Crippen molar-refractivity contribution in [2.75, 3.05) is 7.11 Å². The quantitative estimate of drug-likeness (QED) is 0.775. The molecule has 0 aliphatic rings. The number of carbonyl (C=O) groups is 1. The lowest BCUT2D eigenvalue weighted by Crippen LogP contribution is -2.46. The van der Waals surface area contributed by atoms with Gasteiger partial charge in [0.05, 0.1) is 7.11 Å². The van der Waals surface area contributed by atoms with E-state index in [1.807, 2.05) is 25.3 Å². The fourth-order valence-corrected chi connectivity index (χ4v) is 1.71. The molecule has 3 nitrogen and oxygen atoms in total. The maximum atomic E-state index is 11.3. The highest BCUT2D eigenvalue weighted by molar-refractivity contribution is 7.07. The SMILES string of the molecule is COC(=O)C(C)(C)NCc1ccsc1. The number of thiophene rings is 1. The van der Waals surface area contributed by atoms with E-state index >= 15 is 0 Å². The van der Waals surface area contributed by atoms with E-state index in [0.29, 0.717) is 6.54 Å². The summed E-state index contributed by atoms with van der Waals surface area (Å²) >= 11 is 1.65. The summed E-state index contributed by atoms with van der Waals surface area (Å²) in [6.07, 6.45) is 0. The van der Waals surface area contributed by atoms with Crippen molar-refractivity contribution in [1.82, 2.24) is 5.32 Å². The van der Waals surface area contributed by atoms with Crippen molar-refractivity contribution in [3.8, 4) is 0 Å². The molecule has 0 radical (unpaired) electrons. The van der Waals surface area contributed by atoms with Crippen LogP contribution in [0, 0.1) is 0 Å². The van der Waals surface area contributed by atoms with Gasteiger partial charge in [-0.25, -0.2) is 0 Å². The van der Waals surface area contributed by atoms with E-state index in [2.05, 4.69) is 15.4 Å². The van der Waals surface area contributed by atoms with Crippen LogP contribution in [0.1, 0.15) is 19.4 Å². The zero-order chi connectivity index (χ0) is 10.6. The molecule has 0 unspecified atom stereocenters. The van der Waals surface area contributed by atoms with Crippen LogP contribution in [0.2, 0.25) is 0 Å². The van der Waals surface area contributed by atoms with E-state index in [0.717, 1.165) is 0 Å². The first kappa shape index (κ1) is 11.2. The van der Waals surface area contributed by atoms with Crippen LogP contribution in [0.25, 0.3) is 0 Å². The standard InChI is InChI=1S/C10H15NO2S/c1-10(2,9(12)13-3)11-6-8-4-5-14-7-8/h4-5,7,11H,6H2,1-3H3. The lowest BCUT2D eigenvalue weighted by Gasteiger charge is -2.22. The number of rotatable bonds is 4. The van der Waals surface area contributed by atoms with E-state index in [9.17, 15) is 4.79 Å². The minimum absolute atomic E-state index is 0.243. The number of esters is 1. The number of methoxy groups -OCH3 is 1. The van der Waals surface area contributed by atoms with Gasteiger partial charge in [0.25, 0.3) is 0 Å². The minimum Gasteiger partial charge on any atom is -0.468 e. The summed E-state index contributed by atoms with van der Waals surface area (Å²) in [6, 6.07) is 2.03. The molecule has 0 saturated carbocycles. The lowest BCUT2D eigenvalue weighted by molar-refractivity contribution is -0.147. The van der Waals surface area contributed by atoms with E-state index in [1.165, 1.54) is 12.7 Å². The van der Waals surface area contributed by atoms with Gasteiger partial charge in [0.1, 0.15) is 5.54 Å². The first-order chi connectivity index (χ1) is 6.56. The normalized spacial score (nSPS) is 11.4. The van der Waals surface area contributed by atoms with E-state index in [1.54, 1.807) is 11.3 Å². The minimum atomic E-state index is -0.628. The molecule has 0 fully saturated rings. The van der Waals surface area contributed by atoms with Crippen LogP contribution < -0.4 is 5.32 Å². The fourth-order valence-electron chi connectivity index (χ4n) is 1.04. The molecule has 1 heterocycles. The van der Waals surface area contributed by atoms with E-state index in [4.69, 9.17) is 0 Å². The second-order valence-corrected chi connectivity index (χ2v) is 4.38. The van der Waals surface area contributed by atoms with Crippen LogP contribution in [0.3, 0.4) is 0 Å². The second-order valence-electron chi connectivity index (χ2n) is 3.60. The smallest absolute Gasteiger partial charge is 0.325 e. The first-order valence-electron chi connectivity index (χ1n) is 4.41. The maximum Gasteiger partial charge on any atom is 0.325 e. The van der Waals surface area contributed by atoms with E-state index in [-0.39, 0.29) is 5.97 Å². The Morgan fingerprint density at radius 2 is 2.36 bits per heavy atom. The Morgan fingerprint density at radius 3 is 2.86 bits per heavy atom. The number of nitrogens with one attached hydrogen (secondary N) is 1. The van der Waals surface area contributed by atoms with Crippen LogP contribution in [-0.4, -0.2) is 18.6 Å². The third-order valence-electron chi connectivity index (χ3n) is 2.01. The number of ether oxygens (including phenoxy) is 1. The van der Waals surface area contributed by atoms with Crippen molar-refractivity contribution in [1.29, 1.82) is 0 Å². The Balaban J connectivity index is 2.48. The zero-order valence-corrected chi connectivity index (χ0v) is 9.48. The third kappa shape index (κ3) is 2.82. The van der Waals surface area contributed by atoms with Gasteiger partial charge >= 0.3 is 5.97 Å². The first-order valence-corrected chi connectivity index (χ1v) is 5.35. The van der Waals surface area contributed by atoms with Crippen molar-refractivity contribution >= 4 is 17.3 Å². The Kier molecular flexibility index (Phi) is 3.66. The molecule has 0 amide bonds. The van der Waals surface area contributed by atoms with Gasteiger partial charge in [-0.3, -0.25) is 10.1 Å². The number of hydrogen-bond donors (Lipinski definition) is 1. The number of carbonyl (C=O) groups excluding carboxylic acids is 1. The molecular formula is C10H15NO2S. The molecule has 1 aromatic heterocycles. The van der Waals surface area contributed by atoms with Crippen LogP contribution in [0.15, 0.2) is 16.8 Å². The summed E-state index contributed by atoms with van der Waals surface area (Å²) in [5.41, 5.74) is 0.559.